The number of hydrogen-bond acceptors (Lipinski definition) is 5. The van der Waals surface area contributed by atoms with Crippen LogP contribution in [0.1, 0.15) is 0 Å². The van der Waals surface area contributed by atoms with E-state index >= 15 is 0 Å². The predicted octanol–water partition coefficient (Wildman–Crippen LogP) is 1.16. The van der Waals surface area contributed by atoms with Crippen LogP contribution in [0.5, 0.6) is 0 Å². The molecule has 0 atom stereocenters. The minimum Gasteiger partial charge on any atom is -0.358 e. The highest BCUT2D eigenvalue weighted by atomic mass is 32.2. The highest BCUT2D eigenvalue weighted by molar-refractivity contribution is 7.91. The van der Waals surface area contributed by atoms with Crippen molar-refractivity contribution in [3.05, 3.63) is 46.6 Å². The summed E-state index contributed by atoms with van der Waals surface area (Å²) in [6.07, 6.45) is 1.07. The molecule has 0 bridgehead atoms. The number of imidazole rings is 1. The molecule has 18 heavy (non-hydrogen) atoms. The van der Waals surface area contributed by atoms with Crippen molar-refractivity contribution in [1.82, 2.24) is 9.55 Å². The Kier molecular flexibility index (Phi) is 2.87. The summed E-state index contributed by atoms with van der Waals surface area (Å²) in [5.74, 6) is -0.494. The summed E-state index contributed by atoms with van der Waals surface area (Å²) in [4.78, 5) is 13.4. The average molecular weight is 267 g/mol. The molecule has 0 unspecified atom stereocenters. The van der Waals surface area contributed by atoms with E-state index in [4.69, 9.17) is 0 Å². The minimum atomic E-state index is -3.83. The molecule has 1 aromatic heterocycles. The molecule has 0 saturated heterocycles. The second kappa shape index (κ2) is 4.22. The predicted molar refractivity (Wildman–Crippen MR) is 61.8 cm³/mol. The molecule has 0 aliphatic carbocycles. The first-order valence-electron chi connectivity index (χ1n) is 4.91. The SMILES string of the molecule is Cn1cc([N+](=O)[O-])nc1S(=O)(=O)c1ccccc1. The van der Waals surface area contributed by atoms with Crippen LogP contribution in [0.2, 0.25) is 0 Å². The molecular formula is C10H9N3O4S. The fourth-order valence-corrected chi connectivity index (χ4v) is 2.85. The first-order valence-corrected chi connectivity index (χ1v) is 6.39. The number of sulfone groups is 1. The van der Waals surface area contributed by atoms with Crippen molar-refractivity contribution in [1.29, 1.82) is 0 Å². The van der Waals surface area contributed by atoms with Gasteiger partial charge in [0.2, 0.25) is 0 Å². The van der Waals surface area contributed by atoms with Gasteiger partial charge in [0, 0.05) is 7.05 Å². The molecule has 1 heterocycles. The number of aromatic nitrogens is 2. The zero-order chi connectivity index (χ0) is 13.3. The lowest BCUT2D eigenvalue weighted by Crippen LogP contribution is -2.08. The molecule has 0 spiro atoms. The van der Waals surface area contributed by atoms with Crippen molar-refractivity contribution in [2.45, 2.75) is 10.1 Å². The van der Waals surface area contributed by atoms with E-state index in [-0.39, 0.29) is 10.1 Å². The number of rotatable bonds is 3. The maximum absolute atomic E-state index is 12.2. The molecule has 2 rings (SSSR count). The van der Waals surface area contributed by atoms with Crippen LogP contribution in [-0.4, -0.2) is 22.9 Å². The van der Waals surface area contributed by atoms with Crippen LogP contribution in [0.4, 0.5) is 5.82 Å². The van der Waals surface area contributed by atoms with Crippen molar-refractivity contribution in [2.24, 2.45) is 7.05 Å². The summed E-state index contributed by atoms with van der Waals surface area (Å²) < 4.78 is 25.5. The summed E-state index contributed by atoms with van der Waals surface area (Å²) >= 11 is 0. The van der Waals surface area contributed by atoms with E-state index in [1.165, 1.54) is 19.2 Å². The Hall–Kier alpha value is -2.22. The van der Waals surface area contributed by atoms with Crippen LogP contribution in [0, 0.1) is 10.1 Å². The van der Waals surface area contributed by atoms with Crippen molar-refractivity contribution in [2.75, 3.05) is 0 Å². The van der Waals surface area contributed by atoms with E-state index in [2.05, 4.69) is 4.98 Å². The van der Waals surface area contributed by atoms with Gasteiger partial charge in [-0.2, -0.15) is 0 Å². The normalized spacial score (nSPS) is 11.4. The topological polar surface area (TPSA) is 95.1 Å². The molecule has 1 aromatic carbocycles. The maximum atomic E-state index is 12.2. The van der Waals surface area contributed by atoms with Gasteiger partial charge in [0.15, 0.2) is 0 Å². The third-order valence-electron chi connectivity index (χ3n) is 2.30. The Balaban J connectivity index is 2.59. The van der Waals surface area contributed by atoms with Gasteiger partial charge >= 0.3 is 11.0 Å². The first-order chi connectivity index (χ1) is 8.43. The minimum absolute atomic E-state index is 0.0496. The maximum Gasteiger partial charge on any atom is 0.383 e. The van der Waals surface area contributed by atoms with Crippen LogP contribution < -0.4 is 0 Å². The Morgan fingerprint density at radius 3 is 2.39 bits per heavy atom. The molecule has 0 aliphatic heterocycles. The highest BCUT2D eigenvalue weighted by Crippen LogP contribution is 2.21. The van der Waals surface area contributed by atoms with Crippen molar-refractivity contribution >= 4 is 15.7 Å². The molecule has 0 amide bonds. The number of hydrogen-bond donors (Lipinski definition) is 0. The van der Waals surface area contributed by atoms with Crippen LogP contribution in [0.3, 0.4) is 0 Å². The van der Waals surface area contributed by atoms with Gasteiger partial charge in [0.25, 0.3) is 9.84 Å². The van der Waals surface area contributed by atoms with E-state index in [9.17, 15) is 18.5 Å². The summed E-state index contributed by atoms with van der Waals surface area (Å²) in [7, 11) is -2.44. The molecule has 94 valence electrons. The average Bonchev–Trinajstić information content (AvgIpc) is 2.73. The van der Waals surface area contributed by atoms with Crippen molar-refractivity contribution in [3.63, 3.8) is 0 Å². The van der Waals surface area contributed by atoms with Crippen molar-refractivity contribution in [3.8, 4) is 0 Å². The molecule has 0 fully saturated rings. The van der Waals surface area contributed by atoms with Gasteiger partial charge in [-0.25, -0.2) is 8.42 Å². The molecular weight excluding hydrogens is 258 g/mol. The fourth-order valence-electron chi connectivity index (χ4n) is 1.48. The van der Waals surface area contributed by atoms with Gasteiger partial charge in [-0.05, 0) is 22.0 Å². The van der Waals surface area contributed by atoms with Gasteiger partial charge in [-0.3, -0.25) is 4.57 Å². The standard InChI is InChI=1S/C10H9N3O4S/c1-12-7-9(13(14)15)11-10(12)18(16,17)8-5-3-2-4-6-8/h2-7H,1H3. The fraction of sp³-hybridized carbons (Fsp3) is 0.100. The lowest BCUT2D eigenvalue weighted by Gasteiger charge is -1.99. The zero-order valence-electron chi connectivity index (χ0n) is 9.35. The molecule has 2 aromatic rings. The molecule has 8 heteroatoms. The third-order valence-corrected chi connectivity index (χ3v) is 4.05. The Morgan fingerprint density at radius 2 is 1.89 bits per heavy atom. The number of nitro groups is 1. The summed E-state index contributed by atoms with van der Waals surface area (Å²) in [6, 6.07) is 7.65. The number of nitrogens with zero attached hydrogens (tertiary/aromatic N) is 3. The number of benzene rings is 1. The second-order valence-electron chi connectivity index (χ2n) is 3.57. The van der Waals surface area contributed by atoms with Crippen LogP contribution in [-0.2, 0) is 16.9 Å². The first kappa shape index (κ1) is 12.2. The van der Waals surface area contributed by atoms with Gasteiger partial charge in [-0.15, -0.1) is 0 Å². The van der Waals surface area contributed by atoms with E-state index in [0.717, 1.165) is 10.8 Å². The van der Waals surface area contributed by atoms with Crippen LogP contribution in [0.15, 0.2) is 46.6 Å². The number of aryl methyl sites for hydroxylation is 1. The van der Waals surface area contributed by atoms with E-state index in [1.807, 2.05) is 0 Å². The molecule has 0 aliphatic rings. The Labute approximate surface area is 103 Å². The van der Waals surface area contributed by atoms with Crippen LogP contribution >= 0.6 is 0 Å². The third kappa shape index (κ3) is 1.97. The van der Waals surface area contributed by atoms with E-state index in [0.29, 0.717) is 0 Å². The van der Waals surface area contributed by atoms with Crippen molar-refractivity contribution < 1.29 is 13.3 Å². The monoisotopic (exact) mass is 267 g/mol. The highest BCUT2D eigenvalue weighted by Gasteiger charge is 2.30. The second-order valence-corrected chi connectivity index (χ2v) is 5.41. The Bertz CT molecular complexity index is 691. The summed E-state index contributed by atoms with van der Waals surface area (Å²) in [5.41, 5.74) is 0. The molecule has 0 N–H and O–H groups in total. The van der Waals surface area contributed by atoms with Gasteiger partial charge in [-0.1, -0.05) is 18.2 Å². The largest absolute Gasteiger partial charge is 0.383 e. The van der Waals surface area contributed by atoms with Crippen LogP contribution in [0.25, 0.3) is 0 Å². The zero-order valence-corrected chi connectivity index (χ0v) is 10.2. The smallest absolute Gasteiger partial charge is 0.358 e. The lowest BCUT2D eigenvalue weighted by atomic mass is 10.4. The van der Waals surface area contributed by atoms with Gasteiger partial charge in [0.05, 0.1) is 4.90 Å². The van der Waals surface area contributed by atoms with Gasteiger partial charge < -0.3 is 10.1 Å². The molecule has 0 saturated carbocycles. The van der Waals surface area contributed by atoms with Gasteiger partial charge in [0.1, 0.15) is 6.20 Å². The Morgan fingerprint density at radius 1 is 1.28 bits per heavy atom. The van der Waals surface area contributed by atoms with E-state index in [1.54, 1.807) is 18.2 Å². The van der Waals surface area contributed by atoms with E-state index < -0.39 is 20.6 Å². The summed E-state index contributed by atoms with van der Waals surface area (Å²) in [5, 5.41) is 10.2. The molecule has 0 radical (unpaired) electrons. The summed E-state index contributed by atoms with van der Waals surface area (Å²) in [6.45, 7) is 0. The lowest BCUT2D eigenvalue weighted by molar-refractivity contribution is -0.389. The molecule has 7 nitrogen and oxygen atoms in total. The quantitative estimate of drug-likeness (QED) is 0.614.